The first-order valence-electron chi connectivity index (χ1n) is 6.67. The van der Waals surface area contributed by atoms with Crippen molar-refractivity contribution >= 4 is 12.0 Å². The molecular formula is C13H24N2O4. The third kappa shape index (κ3) is 5.92. The fraction of sp³-hybridized carbons (Fsp3) is 0.846. The fourth-order valence-corrected chi connectivity index (χ4v) is 1.97. The van der Waals surface area contributed by atoms with Gasteiger partial charge in [-0.15, -0.1) is 0 Å². The van der Waals surface area contributed by atoms with Gasteiger partial charge < -0.3 is 20.1 Å². The molecule has 0 aromatic carbocycles. The third-order valence-corrected chi connectivity index (χ3v) is 2.83. The number of rotatable bonds is 5. The molecule has 0 radical (unpaired) electrons. The van der Waals surface area contributed by atoms with E-state index < -0.39 is 11.7 Å². The minimum Gasteiger partial charge on any atom is -0.444 e. The number of carbonyl (C=O) groups excluding carboxylic acids is 2. The van der Waals surface area contributed by atoms with Gasteiger partial charge in [-0.1, -0.05) is 0 Å². The van der Waals surface area contributed by atoms with Crippen LogP contribution in [-0.4, -0.2) is 53.8 Å². The van der Waals surface area contributed by atoms with Crippen molar-refractivity contribution in [2.24, 2.45) is 5.92 Å². The Morgan fingerprint density at radius 2 is 2.21 bits per heavy atom. The van der Waals surface area contributed by atoms with E-state index in [-0.39, 0.29) is 18.4 Å². The van der Waals surface area contributed by atoms with Crippen molar-refractivity contribution in [1.29, 1.82) is 0 Å². The molecule has 1 rings (SSSR count). The van der Waals surface area contributed by atoms with Crippen LogP contribution in [0.1, 0.15) is 33.6 Å². The first-order valence-corrected chi connectivity index (χ1v) is 6.67. The van der Waals surface area contributed by atoms with Crippen LogP contribution in [0.15, 0.2) is 0 Å². The number of nitrogens with one attached hydrogen (secondary N) is 1. The highest BCUT2D eigenvalue weighted by molar-refractivity contribution is 5.78. The van der Waals surface area contributed by atoms with Gasteiger partial charge in [-0.05, 0) is 27.2 Å². The van der Waals surface area contributed by atoms with Crippen LogP contribution in [0.3, 0.4) is 0 Å². The second kappa shape index (κ2) is 6.75. The highest BCUT2D eigenvalue weighted by Gasteiger charge is 2.28. The summed E-state index contributed by atoms with van der Waals surface area (Å²) < 4.78 is 5.10. The SMILES string of the molecule is CC(C)(C)OC(=O)NCCCN1CC(CO)CC1=O. The zero-order valence-corrected chi connectivity index (χ0v) is 11.9. The molecule has 0 aromatic rings. The summed E-state index contributed by atoms with van der Waals surface area (Å²) in [5.41, 5.74) is -0.497. The van der Waals surface area contributed by atoms with Crippen LogP contribution >= 0.6 is 0 Å². The number of carbonyl (C=O) groups is 2. The molecule has 110 valence electrons. The van der Waals surface area contributed by atoms with Crippen molar-refractivity contribution in [1.82, 2.24) is 10.2 Å². The van der Waals surface area contributed by atoms with Gasteiger partial charge in [0.25, 0.3) is 0 Å². The molecule has 1 aliphatic heterocycles. The Hall–Kier alpha value is -1.30. The van der Waals surface area contributed by atoms with Crippen molar-refractivity contribution in [3.8, 4) is 0 Å². The van der Waals surface area contributed by atoms with Crippen molar-refractivity contribution in [2.45, 2.75) is 39.2 Å². The lowest BCUT2D eigenvalue weighted by molar-refractivity contribution is -0.127. The van der Waals surface area contributed by atoms with E-state index in [0.29, 0.717) is 32.5 Å². The van der Waals surface area contributed by atoms with E-state index in [4.69, 9.17) is 9.84 Å². The molecule has 2 amide bonds. The average Bonchev–Trinajstić information content (AvgIpc) is 2.63. The van der Waals surface area contributed by atoms with Crippen LogP contribution in [0.25, 0.3) is 0 Å². The van der Waals surface area contributed by atoms with E-state index in [1.165, 1.54) is 0 Å². The monoisotopic (exact) mass is 272 g/mol. The quantitative estimate of drug-likeness (QED) is 0.724. The maximum absolute atomic E-state index is 11.6. The molecule has 1 saturated heterocycles. The summed E-state index contributed by atoms with van der Waals surface area (Å²) in [5.74, 6) is 0.141. The molecule has 0 spiro atoms. The second-order valence-corrected chi connectivity index (χ2v) is 5.87. The number of amides is 2. The van der Waals surface area contributed by atoms with Gasteiger partial charge in [0, 0.05) is 38.6 Å². The van der Waals surface area contributed by atoms with E-state index in [9.17, 15) is 9.59 Å². The number of likely N-dealkylation sites (tertiary alicyclic amines) is 1. The van der Waals surface area contributed by atoms with Gasteiger partial charge in [0.2, 0.25) is 5.91 Å². The average molecular weight is 272 g/mol. The van der Waals surface area contributed by atoms with Crippen LogP contribution < -0.4 is 5.32 Å². The Kier molecular flexibility index (Phi) is 5.60. The van der Waals surface area contributed by atoms with Gasteiger partial charge in [0.1, 0.15) is 5.60 Å². The molecule has 0 bridgehead atoms. The van der Waals surface area contributed by atoms with Crippen molar-refractivity contribution in [3.63, 3.8) is 0 Å². The van der Waals surface area contributed by atoms with Crippen LogP contribution in [0.4, 0.5) is 4.79 Å². The third-order valence-electron chi connectivity index (χ3n) is 2.83. The smallest absolute Gasteiger partial charge is 0.407 e. The predicted octanol–water partition coefficient (Wildman–Crippen LogP) is 0.742. The molecule has 0 aliphatic carbocycles. The molecule has 6 nitrogen and oxygen atoms in total. The van der Waals surface area contributed by atoms with E-state index in [1.54, 1.807) is 4.90 Å². The lowest BCUT2D eigenvalue weighted by Crippen LogP contribution is -2.35. The maximum Gasteiger partial charge on any atom is 0.407 e. The largest absolute Gasteiger partial charge is 0.444 e. The number of hydrogen-bond donors (Lipinski definition) is 2. The van der Waals surface area contributed by atoms with Crippen LogP contribution in [-0.2, 0) is 9.53 Å². The summed E-state index contributed by atoms with van der Waals surface area (Å²) in [6, 6.07) is 0. The molecule has 1 heterocycles. The summed E-state index contributed by atoms with van der Waals surface area (Å²) in [6.45, 7) is 7.17. The Balaban J connectivity index is 2.14. The molecule has 2 N–H and O–H groups in total. The Bertz CT molecular complexity index is 325. The number of ether oxygens (including phenoxy) is 1. The number of nitrogens with zero attached hydrogens (tertiary/aromatic N) is 1. The molecular weight excluding hydrogens is 248 g/mol. The van der Waals surface area contributed by atoms with Crippen molar-refractivity contribution in [2.75, 3.05) is 26.2 Å². The van der Waals surface area contributed by atoms with Crippen molar-refractivity contribution < 1.29 is 19.4 Å². The summed E-state index contributed by atoms with van der Waals surface area (Å²) in [6.07, 6.45) is 0.674. The van der Waals surface area contributed by atoms with Gasteiger partial charge in [-0.25, -0.2) is 4.79 Å². The minimum absolute atomic E-state index is 0.0540. The number of alkyl carbamates (subject to hydrolysis) is 1. The van der Waals surface area contributed by atoms with Crippen molar-refractivity contribution in [3.05, 3.63) is 0 Å². The minimum atomic E-state index is -0.497. The second-order valence-electron chi connectivity index (χ2n) is 5.87. The summed E-state index contributed by atoms with van der Waals surface area (Å²) in [4.78, 5) is 24.7. The van der Waals surface area contributed by atoms with E-state index in [0.717, 1.165) is 0 Å². The van der Waals surface area contributed by atoms with Gasteiger partial charge in [-0.2, -0.15) is 0 Å². The lowest BCUT2D eigenvalue weighted by Gasteiger charge is -2.20. The van der Waals surface area contributed by atoms with E-state index in [1.807, 2.05) is 20.8 Å². The lowest BCUT2D eigenvalue weighted by atomic mass is 10.1. The molecule has 6 heteroatoms. The zero-order chi connectivity index (χ0) is 14.5. The van der Waals surface area contributed by atoms with Gasteiger partial charge in [0.05, 0.1) is 0 Å². The molecule has 0 aromatic heterocycles. The zero-order valence-electron chi connectivity index (χ0n) is 11.9. The molecule has 19 heavy (non-hydrogen) atoms. The standard InChI is InChI=1S/C13H24N2O4/c1-13(2,3)19-12(18)14-5-4-6-15-8-10(9-16)7-11(15)17/h10,16H,4-9H2,1-3H3,(H,14,18). The fourth-order valence-electron chi connectivity index (χ4n) is 1.97. The van der Waals surface area contributed by atoms with E-state index >= 15 is 0 Å². The summed E-state index contributed by atoms with van der Waals surface area (Å²) in [5, 5.41) is 11.7. The van der Waals surface area contributed by atoms with Gasteiger partial charge in [-0.3, -0.25) is 4.79 Å². The number of hydrogen-bond acceptors (Lipinski definition) is 4. The Morgan fingerprint density at radius 3 is 2.74 bits per heavy atom. The van der Waals surface area contributed by atoms with Crippen LogP contribution in [0.2, 0.25) is 0 Å². The van der Waals surface area contributed by atoms with Crippen LogP contribution in [0, 0.1) is 5.92 Å². The maximum atomic E-state index is 11.6. The highest BCUT2D eigenvalue weighted by atomic mass is 16.6. The first-order chi connectivity index (χ1) is 8.81. The predicted molar refractivity (Wildman–Crippen MR) is 70.6 cm³/mol. The number of aliphatic hydroxyl groups excluding tert-OH is 1. The summed E-state index contributed by atoms with van der Waals surface area (Å²) in [7, 11) is 0. The molecule has 1 aliphatic rings. The van der Waals surface area contributed by atoms with E-state index in [2.05, 4.69) is 5.32 Å². The molecule has 1 fully saturated rings. The topological polar surface area (TPSA) is 78.9 Å². The Morgan fingerprint density at radius 1 is 1.53 bits per heavy atom. The molecule has 1 unspecified atom stereocenters. The van der Waals surface area contributed by atoms with Crippen LogP contribution in [0.5, 0.6) is 0 Å². The molecule has 0 saturated carbocycles. The summed E-state index contributed by atoms with van der Waals surface area (Å²) >= 11 is 0. The van der Waals surface area contributed by atoms with Gasteiger partial charge in [0.15, 0.2) is 0 Å². The normalized spacial score (nSPS) is 19.7. The Labute approximate surface area is 114 Å². The number of aliphatic hydroxyl groups is 1. The highest BCUT2D eigenvalue weighted by Crippen LogP contribution is 2.16. The van der Waals surface area contributed by atoms with Gasteiger partial charge >= 0.3 is 6.09 Å². The first kappa shape index (κ1) is 15.8. The molecule has 1 atom stereocenters.